The lowest BCUT2D eigenvalue weighted by atomic mass is 10.1. The van der Waals surface area contributed by atoms with Crippen LogP contribution in [-0.2, 0) is 29.0 Å². The Bertz CT molecular complexity index is 962. The van der Waals surface area contributed by atoms with Crippen molar-refractivity contribution >= 4 is 48.8 Å². The fourth-order valence-corrected chi connectivity index (χ4v) is 4.28. The van der Waals surface area contributed by atoms with E-state index in [9.17, 15) is 4.79 Å². The van der Waals surface area contributed by atoms with Gasteiger partial charge >= 0.3 is 5.97 Å². The van der Waals surface area contributed by atoms with E-state index in [0.29, 0.717) is 19.0 Å². The molecule has 3 rings (SSSR count). The van der Waals surface area contributed by atoms with E-state index in [1.54, 1.807) is 6.92 Å². The standard InChI is InChI=1S/C21H20Br2O4/c1-3-18-16(15-10-14(22)11-17(23)21(15)27-18)12-26-19-8-6-5-7-13(19)9-20(24)25-4-2/h5-8,10-11H,3-4,9,12H2,1-2H3. The SMILES string of the molecule is CCOC(=O)Cc1ccccc1OCc1c(CC)oc2c(Br)cc(Br)cc12. The minimum Gasteiger partial charge on any atom is -0.488 e. The maximum Gasteiger partial charge on any atom is 0.310 e. The molecule has 0 fully saturated rings. The molecule has 0 aliphatic heterocycles. The summed E-state index contributed by atoms with van der Waals surface area (Å²) in [6.07, 6.45) is 0.954. The highest BCUT2D eigenvalue weighted by molar-refractivity contribution is 9.11. The van der Waals surface area contributed by atoms with E-state index in [2.05, 4.69) is 38.8 Å². The van der Waals surface area contributed by atoms with Crippen LogP contribution in [0.2, 0.25) is 0 Å². The first-order valence-corrected chi connectivity index (χ1v) is 10.4. The van der Waals surface area contributed by atoms with E-state index < -0.39 is 0 Å². The Hall–Kier alpha value is -1.79. The lowest BCUT2D eigenvalue weighted by Crippen LogP contribution is -2.09. The molecule has 0 aliphatic rings. The number of halogens is 2. The van der Waals surface area contributed by atoms with Crippen molar-refractivity contribution in [2.24, 2.45) is 0 Å². The van der Waals surface area contributed by atoms with Gasteiger partial charge in [-0.3, -0.25) is 4.79 Å². The number of fused-ring (bicyclic) bond motifs is 1. The zero-order valence-corrected chi connectivity index (χ0v) is 18.4. The van der Waals surface area contributed by atoms with Gasteiger partial charge in [0, 0.05) is 27.4 Å². The summed E-state index contributed by atoms with van der Waals surface area (Å²) in [5.41, 5.74) is 2.64. The summed E-state index contributed by atoms with van der Waals surface area (Å²) >= 11 is 7.09. The zero-order chi connectivity index (χ0) is 19.4. The Kier molecular flexibility index (Phi) is 6.60. The number of ether oxygens (including phenoxy) is 2. The molecule has 3 aromatic rings. The summed E-state index contributed by atoms with van der Waals surface area (Å²) in [6, 6.07) is 11.5. The summed E-state index contributed by atoms with van der Waals surface area (Å²) in [6.45, 7) is 4.58. The first-order chi connectivity index (χ1) is 13.0. The second kappa shape index (κ2) is 8.93. The Morgan fingerprint density at radius 2 is 1.93 bits per heavy atom. The van der Waals surface area contributed by atoms with Gasteiger partial charge in [-0.25, -0.2) is 0 Å². The number of hydrogen-bond donors (Lipinski definition) is 0. The number of esters is 1. The van der Waals surface area contributed by atoms with Gasteiger partial charge in [0.1, 0.15) is 23.7 Å². The quantitative estimate of drug-likeness (QED) is 0.366. The molecule has 1 heterocycles. The van der Waals surface area contributed by atoms with Crippen LogP contribution in [0.4, 0.5) is 0 Å². The molecule has 0 spiro atoms. The molecule has 142 valence electrons. The van der Waals surface area contributed by atoms with Crippen LogP contribution in [-0.4, -0.2) is 12.6 Å². The molecule has 0 unspecified atom stereocenters. The van der Waals surface area contributed by atoms with Gasteiger partial charge in [-0.2, -0.15) is 0 Å². The van der Waals surface area contributed by atoms with Crippen LogP contribution in [0.3, 0.4) is 0 Å². The maximum atomic E-state index is 11.8. The highest BCUT2D eigenvalue weighted by Crippen LogP contribution is 2.35. The van der Waals surface area contributed by atoms with Gasteiger partial charge in [-0.15, -0.1) is 0 Å². The lowest BCUT2D eigenvalue weighted by molar-refractivity contribution is -0.142. The van der Waals surface area contributed by atoms with Gasteiger partial charge in [-0.1, -0.05) is 41.1 Å². The molecule has 0 radical (unpaired) electrons. The number of rotatable bonds is 7. The van der Waals surface area contributed by atoms with Gasteiger partial charge in [0.25, 0.3) is 0 Å². The molecule has 27 heavy (non-hydrogen) atoms. The van der Waals surface area contributed by atoms with Crippen molar-refractivity contribution in [2.75, 3.05) is 6.61 Å². The second-order valence-electron chi connectivity index (χ2n) is 6.00. The van der Waals surface area contributed by atoms with Crippen LogP contribution in [0.15, 0.2) is 49.8 Å². The smallest absolute Gasteiger partial charge is 0.310 e. The highest BCUT2D eigenvalue weighted by Gasteiger charge is 2.17. The fourth-order valence-electron chi connectivity index (χ4n) is 2.98. The van der Waals surface area contributed by atoms with E-state index >= 15 is 0 Å². The molecule has 0 bridgehead atoms. The van der Waals surface area contributed by atoms with Gasteiger partial charge in [0.2, 0.25) is 0 Å². The molecule has 0 saturated carbocycles. The molecule has 0 saturated heterocycles. The summed E-state index contributed by atoms with van der Waals surface area (Å²) in [4.78, 5) is 11.8. The van der Waals surface area contributed by atoms with E-state index in [1.807, 2.05) is 36.4 Å². The Labute approximate surface area is 175 Å². The van der Waals surface area contributed by atoms with Crippen molar-refractivity contribution in [1.29, 1.82) is 0 Å². The van der Waals surface area contributed by atoms with Crippen LogP contribution in [0.5, 0.6) is 5.75 Å². The summed E-state index contributed by atoms with van der Waals surface area (Å²) in [5, 5.41) is 1.01. The zero-order valence-electron chi connectivity index (χ0n) is 15.2. The molecule has 0 atom stereocenters. The number of carbonyl (C=O) groups is 1. The van der Waals surface area contributed by atoms with Gasteiger partial charge < -0.3 is 13.9 Å². The number of benzene rings is 2. The van der Waals surface area contributed by atoms with Gasteiger partial charge in [0.15, 0.2) is 0 Å². The Morgan fingerprint density at radius 3 is 2.67 bits per heavy atom. The van der Waals surface area contributed by atoms with Crippen molar-refractivity contribution in [1.82, 2.24) is 0 Å². The monoisotopic (exact) mass is 494 g/mol. The normalized spacial score (nSPS) is 11.0. The van der Waals surface area contributed by atoms with E-state index in [0.717, 1.165) is 43.2 Å². The predicted molar refractivity (Wildman–Crippen MR) is 112 cm³/mol. The fraction of sp³-hybridized carbons (Fsp3) is 0.286. The Morgan fingerprint density at radius 1 is 1.15 bits per heavy atom. The first kappa shape index (κ1) is 20.0. The molecular formula is C21H20Br2O4. The Balaban J connectivity index is 1.88. The van der Waals surface area contributed by atoms with E-state index in [-0.39, 0.29) is 12.4 Å². The van der Waals surface area contributed by atoms with Crippen LogP contribution >= 0.6 is 31.9 Å². The number of aryl methyl sites for hydroxylation is 1. The number of furan rings is 1. The third kappa shape index (κ3) is 4.55. The van der Waals surface area contributed by atoms with Crippen molar-refractivity contribution in [3.63, 3.8) is 0 Å². The molecule has 2 aromatic carbocycles. The molecular weight excluding hydrogens is 476 g/mol. The average Bonchev–Trinajstić information content (AvgIpc) is 2.99. The van der Waals surface area contributed by atoms with Crippen LogP contribution < -0.4 is 4.74 Å². The highest BCUT2D eigenvalue weighted by atomic mass is 79.9. The van der Waals surface area contributed by atoms with E-state index in [1.165, 1.54) is 0 Å². The largest absolute Gasteiger partial charge is 0.488 e. The minimum atomic E-state index is -0.260. The number of carbonyl (C=O) groups excluding carboxylic acids is 1. The van der Waals surface area contributed by atoms with E-state index in [4.69, 9.17) is 13.9 Å². The minimum absolute atomic E-state index is 0.188. The molecule has 4 nitrogen and oxygen atoms in total. The van der Waals surface area contributed by atoms with Gasteiger partial charge in [0.05, 0.1) is 17.5 Å². The first-order valence-electron chi connectivity index (χ1n) is 8.79. The van der Waals surface area contributed by atoms with Crippen molar-refractivity contribution in [3.8, 4) is 5.75 Å². The third-order valence-corrected chi connectivity index (χ3v) is 5.25. The molecule has 0 N–H and O–H groups in total. The summed E-state index contributed by atoms with van der Waals surface area (Å²) in [7, 11) is 0. The van der Waals surface area contributed by atoms with Crippen molar-refractivity contribution in [2.45, 2.75) is 33.3 Å². The molecule has 0 aliphatic carbocycles. The molecule has 0 amide bonds. The summed E-state index contributed by atoms with van der Waals surface area (Å²) in [5.74, 6) is 1.31. The topological polar surface area (TPSA) is 48.7 Å². The van der Waals surface area contributed by atoms with Crippen LogP contribution in [0.25, 0.3) is 11.0 Å². The predicted octanol–water partition coefficient (Wildman–Crippen LogP) is 6.20. The van der Waals surface area contributed by atoms with Crippen LogP contribution in [0, 0.1) is 0 Å². The van der Waals surface area contributed by atoms with Crippen molar-refractivity contribution < 1.29 is 18.7 Å². The molecule has 6 heteroatoms. The van der Waals surface area contributed by atoms with Crippen molar-refractivity contribution in [3.05, 3.63) is 62.2 Å². The maximum absolute atomic E-state index is 11.8. The number of para-hydroxylation sites is 1. The van der Waals surface area contributed by atoms with Crippen LogP contribution in [0.1, 0.15) is 30.7 Å². The number of hydrogen-bond acceptors (Lipinski definition) is 4. The molecule has 1 aromatic heterocycles. The average molecular weight is 496 g/mol. The second-order valence-corrected chi connectivity index (χ2v) is 7.77. The third-order valence-electron chi connectivity index (χ3n) is 4.20. The lowest BCUT2D eigenvalue weighted by Gasteiger charge is -2.11. The summed E-state index contributed by atoms with van der Waals surface area (Å²) < 4.78 is 19.0. The van der Waals surface area contributed by atoms with Gasteiger partial charge in [-0.05, 0) is 41.1 Å².